The fourth-order valence-electron chi connectivity index (χ4n) is 2.11. The zero-order valence-electron chi connectivity index (χ0n) is 11.6. The van der Waals surface area contributed by atoms with E-state index in [-0.39, 0.29) is 11.8 Å². The van der Waals surface area contributed by atoms with Crippen LogP contribution in [-0.2, 0) is 11.3 Å². The molecule has 0 aliphatic heterocycles. The summed E-state index contributed by atoms with van der Waals surface area (Å²) < 4.78 is 1.08. The molecule has 0 unspecified atom stereocenters. The van der Waals surface area contributed by atoms with Crippen molar-refractivity contribution >= 4 is 33.2 Å². The van der Waals surface area contributed by atoms with E-state index >= 15 is 0 Å². The van der Waals surface area contributed by atoms with Gasteiger partial charge in [-0.2, -0.15) is 0 Å². The number of hydrogen-bond donors (Lipinski definition) is 2. The van der Waals surface area contributed by atoms with Crippen molar-refractivity contribution in [1.29, 1.82) is 0 Å². The van der Waals surface area contributed by atoms with Crippen molar-refractivity contribution in [3.05, 3.63) is 58.6 Å². The molecule has 3 rings (SSSR count). The Morgan fingerprint density at radius 3 is 2.48 bits per heavy atom. The van der Waals surface area contributed by atoms with Gasteiger partial charge in [-0.3, -0.25) is 4.79 Å². The molecule has 1 aliphatic rings. The zero-order chi connectivity index (χ0) is 14.7. The summed E-state index contributed by atoms with van der Waals surface area (Å²) in [7, 11) is 0. The molecule has 0 spiro atoms. The number of benzene rings is 2. The largest absolute Gasteiger partial charge is 0.381 e. The number of rotatable bonds is 5. The van der Waals surface area contributed by atoms with Crippen LogP contribution >= 0.6 is 15.9 Å². The van der Waals surface area contributed by atoms with Crippen molar-refractivity contribution < 1.29 is 4.79 Å². The molecule has 0 radical (unpaired) electrons. The highest BCUT2D eigenvalue weighted by Crippen LogP contribution is 2.30. The number of nitrogens with one attached hydrogen (secondary N) is 2. The van der Waals surface area contributed by atoms with E-state index in [1.807, 2.05) is 36.4 Å². The summed E-state index contributed by atoms with van der Waals surface area (Å²) in [6.07, 6.45) is 2.05. The van der Waals surface area contributed by atoms with Gasteiger partial charge in [0.2, 0.25) is 5.91 Å². The summed E-state index contributed by atoms with van der Waals surface area (Å²) in [6, 6.07) is 16.1. The van der Waals surface area contributed by atoms with Crippen molar-refractivity contribution in [2.24, 2.45) is 5.92 Å². The second-order valence-corrected chi connectivity index (χ2v) is 6.24. The van der Waals surface area contributed by atoms with Crippen molar-refractivity contribution in [3.63, 3.8) is 0 Å². The van der Waals surface area contributed by atoms with E-state index in [1.165, 1.54) is 5.56 Å². The van der Waals surface area contributed by atoms with Gasteiger partial charge in [-0.1, -0.05) is 28.1 Å². The SMILES string of the molecule is O=C(Nc1ccc(NCc2cccc(Br)c2)cc1)C1CC1. The lowest BCUT2D eigenvalue weighted by Crippen LogP contribution is -2.13. The van der Waals surface area contributed by atoms with Gasteiger partial charge in [0.1, 0.15) is 0 Å². The van der Waals surface area contributed by atoms with Gasteiger partial charge in [0.05, 0.1) is 0 Å². The summed E-state index contributed by atoms with van der Waals surface area (Å²) in [6.45, 7) is 0.771. The minimum atomic E-state index is 0.143. The maximum atomic E-state index is 11.7. The van der Waals surface area contributed by atoms with Crippen LogP contribution in [0, 0.1) is 5.92 Å². The molecule has 0 aromatic heterocycles. The topological polar surface area (TPSA) is 41.1 Å². The van der Waals surface area contributed by atoms with Gasteiger partial charge in [-0.25, -0.2) is 0 Å². The highest BCUT2D eigenvalue weighted by Gasteiger charge is 2.29. The Balaban J connectivity index is 1.55. The molecular weight excluding hydrogens is 328 g/mol. The van der Waals surface area contributed by atoms with Crippen LogP contribution in [-0.4, -0.2) is 5.91 Å². The molecule has 2 N–H and O–H groups in total. The molecule has 2 aromatic rings. The van der Waals surface area contributed by atoms with E-state index in [2.05, 4.69) is 38.7 Å². The van der Waals surface area contributed by atoms with E-state index in [0.717, 1.165) is 35.2 Å². The third-order valence-corrected chi connectivity index (χ3v) is 3.98. The average Bonchev–Trinajstić information content (AvgIpc) is 3.31. The second kappa shape index (κ2) is 6.31. The number of hydrogen-bond acceptors (Lipinski definition) is 2. The molecule has 1 aliphatic carbocycles. The number of carbonyl (C=O) groups excluding carboxylic acids is 1. The van der Waals surface area contributed by atoms with Crippen LogP contribution in [0.15, 0.2) is 53.0 Å². The lowest BCUT2D eigenvalue weighted by molar-refractivity contribution is -0.117. The van der Waals surface area contributed by atoms with Crippen LogP contribution in [0.4, 0.5) is 11.4 Å². The summed E-state index contributed by atoms with van der Waals surface area (Å²) in [5.41, 5.74) is 3.12. The first-order valence-electron chi connectivity index (χ1n) is 7.10. The summed E-state index contributed by atoms with van der Waals surface area (Å²) in [4.78, 5) is 11.7. The van der Waals surface area contributed by atoms with Crippen LogP contribution in [0.1, 0.15) is 18.4 Å². The molecule has 0 bridgehead atoms. The normalized spacial score (nSPS) is 13.8. The minimum Gasteiger partial charge on any atom is -0.381 e. The van der Waals surface area contributed by atoms with Crippen molar-refractivity contribution in [1.82, 2.24) is 0 Å². The Kier molecular flexibility index (Phi) is 4.25. The fourth-order valence-corrected chi connectivity index (χ4v) is 2.56. The maximum Gasteiger partial charge on any atom is 0.227 e. The van der Waals surface area contributed by atoms with Gasteiger partial charge >= 0.3 is 0 Å². The molecule has 2 aromatic carbocycles. The Labute approximate surface area is 132 Å². The maximum absolute atomic E-state index is 11.7. The van der Waals surface area contributed by atoms with Crippen LogP contribution in [0.2, 0.25) is 0 Å². The number of halogens is 1. The quantitative estimate of drug-likeness (QED) is 0.843. The summed E-state index contributed by atoms with van der Waals surface area (Å²) in [5.74, 6) is 0.379. The third-order valence-electron chi connectivity index (χ3n) is 3.49. The van der Waals surface area contributed by atoms with Gasteiger partial charge in [0.15, 0.2) is 0 Å². The highest BCUT2D eigenvalue weighted by atomic mass is 79.9. The lowest BCUT2D eigenvalue weighted by atomic mass is 10.2. The van der Waals surface area contributed by atoms with Gasteiger partial charge in [-0.15, -0.1) is 0 Å². The van der Waals surface area contributed by atoms with Crippen LogP contribution < -0.4 is 10.6 Å². The highest BCUT2D eigenvalue weighted by molar-refractivity contribution is 9.10. The van der Waals surface area contributed by atoms with E-state index in [4.69, 9.17) is 0 Å². The predicted octanol–water partition coefficient (Wildman–Crippen LogP) is 4.41. The Bertz CT molecular complexity index is 635. The predicted molar refractivity (Wildman–Crippen MR) is 89.3 cm³/mol. The van der Waals surface area contributed by atoms with Gasteiger partial charge in [0.25, 0.3) is 0 Å². The molecule has 1 amide bonds. The first-order valence-corrected chi connectivity index (χ1v) is 7.89. The Hall–Kier alpha value is -1.81. The summed E-state index contributed by atoms with van der Waals surface area (Å²) in [5, 5.41) is 6.31. The standard InChI is InChI=1S/C17H17BrN2O/c18-14-3-1-2-12(10-14)11-19-15-6-8-16(9-7-15)20-17(21)13-4-5-13/h1-3,6-10,13,19H,4-5,11H2,(H,20,21). The molecular formula is C17H17BrN2O. The molecule has 0 heterocycles. The first kappa shape index (κ1) is 14.1. The van der Waals surface area contributed by atoms with Crippen molar-refractivity contribution in [3.8, 4) is 0 Å². The molecule has 0 atom stereocenters. The van der Waals surface area contributed by atoms with Crippen LogP contribution in [0.3, 0.4) is 0 Å². The van der Waals surface area contributed by atoms with E-state index in [1.54, 1.807) is 0 Å². The Morgan fingerprint density at radius 2 is 1.81 bits per heavy atom. The molecule has 4 heteroatoms. The molecule has 3 nitrogen and oxygen atoms in total. The van der Waals surface area contributed by atoms with Gasteiger partial charge in [0, 0.05) is 28.3 Å². The van der Waals surface area contributed by atoms with Crippen LogP contribution in [0.25, 0.3) is 0 Å². The van der Waals surface area contributed by atoms with Crippen molar-refractivity contribution in [2.45, 2.75) is 19.4 Å². The van der Waals surface area contributed by atoms with Crippen molar-refractivity contribution in [2.75, 3.05) is 10.6 Å². The van der Waals surface area contributed by atoms with E-state index in [0.29, 0.717) is 0 Å². The van der Waals surface area contributed by atoms with E-state index in [9.17, 15) is 4.79 Å². The zero-order valence-corrected chi connectivity index (χ0v) is 13.2. The lowest BCUT2D eigenvalue weighted by Gasteiger charge is -2.09. The molecule has 1 saturated carbocycles. The fraction of sp³-hybridized carbons (Fsp3) is 0.235. The number of carbonyl (C=O) groups is 1. The monoisotopic (exact) mass is 344 g/mol. The Morgan fingerprint density at radius 1 is 1.10 bits per heavy atom. The number of anilines is 2. The first-order chi connectivity index (χ1) is 10.2. The molecule has 0 saturated heterocycles. The molecule has 21 heavy (non-hydrogen) atoms. The average molecular weight is 345 g/mol. The van der Waals surface area contributed by atoms with Crippen LogP contribution in [0.5, 0.6) is 0 Å². The second-order valence-electron chi connectivity index (χ2n) is 5.32. The third kappa shape index (κ3) is 4.08. The molecule has 1 fully saturated rings. The minimum absolute atomic E-state index is 0.143. The molecule has 108 valence electrons. The van der Waals surface area contributed by atoms with Gasteiger partial charge < -0.3 is 10.6 Å². The van der Waals surface area contributed by atoms with Gasteiger partial charge in [-0.05, 0) is 54.8 Å². The van der Waals surface area contributed by atoms with E-state index < -0.39 is 0 Å². The number of amides is 1. The smallest absolute Gasteiger partial charge is 0.227 e. The summed E-state index contributed by atoms with van der Waals surface area (Å²) >= 11 is 3.47.